The van der Waals surface area contributed by atoms with E-state index in [9.17, 15) is 0 Å². The van der Waals surface area contributed by atoms with Crippen molar-refractivity contribution in [3.05, 3.63) is 65.5 Å². The average Bonchev–Trinajstić information content (AvgIpc) is 2.58. The summed E-state index contributed by atoms with van der Waals surface area (Å²) < 4.78 is 5.26. The molecule has 0 aliphatic heterocycles. The van der Waals surface area contributed by atoms with E-state index in [0.717, 1.165) is 28.8 Å². The van der Waals surface area contributed by atoms with Gasteiger partial charge in [-0.15, -0.1) is 0 Å². The molecular weight excluding hydrogens is 312 g/mol. The number of hydrogen-bond donors (Lipinski definition) is 2. The van der Waals surface area contributed by atoms with Gasteiger partial charge in [0, 0.05) is 23.5 Å². The number of benzene rings is 2. The second-order valence-electron chi connectivity index (χ2n) is 5.93. The molecule has 128 valence electrons. The van der Waals surface area contributed by atoms with Crippen LogP contribution in [0.4, 0.5) is 23.0 Å². The summed E-state index contributed by atoms with van der Waals surface area (Å²) in [4.78, 5) is 8.97. The van der Waals surface area contributed by atoms with E-state index >= 15 is 0 Å². The molecule has 1 aromatic heterocycles. The molecular formula is C20H22N4O. The highest BCUT2D eigenvalue weighted by Crippen LogP contribution is 2.26. The second kappa shape index (κ2) is 7.21. The van der Waals surface area contributed by atoms with Gasteiger partial charge >= 0.3 is 0 Å². The van der Waals surface area contributed by atoms with Gasteiger partial charge in [-0.2, -0.15) is 0 Å². The van der Waals surface area contributed by atoms with Crippen LogP contribution in [0.2, 0.25) is 0 Å². The van der Waals surface area contributed by atoms with Gasteiger partial charge in [-0.3, -0.25) is 0 Å². The lowest BCUT2D eigenvalue weighted by molar-refractivity contribution is 0.415. The Morgan fingerprint density at radius 1 is 0.800 bits per heavy atom. The predicted molar refractivity (Wildman–Crippen MR) is 102 cm³/mol. The minimum atomic E-state index is 0.696. The maximum atomic E-state index is 5.26. The Labute approximate surface area is 148 Å². The van der Waals surface area contributed by atoms with E-state index in [0.29, 0.717) is 5.82 Å². The quantitative estimate of drug-likeness (QED) is 0.695. The zero-order valence-electron chi connectivity index (χ0n) is 14.9. The van der Waals surface area contributed by atoms with Crippen molar-refractivity contribution in [2.45, 2.75) is 20.8 Å². The first-order chi connectivity index (χ1) is 12.0. The van der Waals surface area contributed by atoms with E-state index in [1.165, 1.54) is 11.1 Å². The molecule has 0 atom stereocenters. The number of nitrogens with one attached hydrogen (secondary N) is 2. The van der Waals surface area contributed by atoms with Gasteiger partial charge in [0.1, 0.15) is 23.2 Å². The van der Waals surface area contributed by atoms with Gasteiger partial charge in [0.25, 0.3) is 0 Å². The lowest BCUT2D eigenvalue weighted by Crippen LogP contribution is -2.03. The van der Waals surface area contributed by atoms with Crippen molar-refractivity contribution < 1.29 is 4.74 Å². The van der Waals surface area contributed by atoms with E-state index in [4.69, 9.17) is 4.74 Å². The SMILES string of the molecule is COc1cccc(Nc2cc(Nc3c(C)cccc3C)nc(C)n2)c1. The zero-order chi connectivity index (χ0) is 17.8. The molecule has 0 bridgehead atoms. The molecule has 0 saturated carbocycles. The second-order valence-corrected chi connectivity index (χ2v) is 5.93. The Morgan fingerprint density at radius 3 is 2.12 bits per heavy atom. The highest BCUT2D eigenvalue weighted by Gasteiger charge is 2.07. The van der Waals surface area contributed by atoms with Crippen molar-refractivity contribution in [2.75, 3.05) is 17.7 Å². The minimum absolute atomic E-state index is 0.696. The lowest BCUT2D eigenvalue weighted by Gasteiger charge is -2.14. The third-order valence-corrected chi connectivity index (χ3v) is 3.91. The third-order valence-electron chi connectivity index (χ3n) is 3.91. The summed E-state index contributed by atoms with van der Waals surface area (Å²) in [5.41, 5.74) is 4.35. The van der Waals surface area contributed by atoms with Crippen LogP contribution in [-0.2, 0) is 0 Å². The zero-order valence-corrected chi connectivity index (χ0v) is 14.9. The molecule has 0 fully saturated rings. The monoisotopic (exact) mass is 334 g/mol. The number of para-hydroxylation sites is 1. The van der Waals surface area contributed by atoms with Crippen LogP contribution < -0.4 is 15.4 Å². The summed E-state index contributed by atoms with van der Waals surface area (Å²) in [5, 5.41) is 6.72. The van der Waals surface area contributed by atoms with Crippen LogP contribution in [0.1, 0.15) is 17.0 Å². The van der Waals surface area contributed by atoms with E-state index in [-0.39, 0.29) is 0 Å². The molecule has 3 aromatic rings. The van der Waals surface area contributed by atoms with Gasteiger partial charge in [-0.1, -0.05) is 24.3 Å². The maximum Gasteiger partial charge on any atom is 0.136 e. The number of rotatable bonds is 5. The summed E-state index contributed by atoms with van der Waals surface area (Å²) in [7, 11) is 1.65. The van der Waals surface area contributed by atoms with Crippen molar-refractivity contribution in [1.29, 1.82) is 0 Å². The first-order valence-corrected chi connectivity index (χ1v) is 8.15. The van der Waals surface area contributed by atoms with Gasteiger partial charge in [0.2, 0.25) is 0 Å². The fraction of sp³-hybridized carbons (Fsp3) is 0.200. The highest BCUT2D eigenvalue weighted by atomic mass is 16.5. The molecule has 25 heavy (non-hydrogen) atoms. The van der Waals surface area contributed by atoms with Crippen LogP contribution in [-0.4, -0.2) is 17.1 Å². The van der Waals surface area contributed by atoms with Crippen molar-refractivity contribution >= 4 is 23.0 Å². The first-order valence-electron chi connectivity index (χ1n) is 8.15. The number of anilines is 4. The molecule has 0 saturated heterocycles. The van der Waals surface area contributed by atoms with Crippen LogP contribution in [0, 0.1) is 20.8 Å². The first kappa shape index (κ1) is 16.8. The topological polar surface area (TPSA) is 59.1 Å². The van der Waals surface area contributed by atoms with E-state index < -0.39 is 0 Å². The van der Waals surface area contributed by atoms with E-state index in [1.54, 1.807) is 7.11 Å². The molecule has 1 heterocycles. The van der Waals surface area contributed by atoms with Crippen LogP contribution in [0.25, 0.3) is 0 Å². The molecule has 0 aliphatic rings. The predicted octanol–water partition coefficient (Wildman–Crippen LogP) is 4.90. The number of ether oxygens (including phenoxy) is 1. The Balaban J connectivity index is 1.87. The molecule has 0 aliphatic carbocycles. The fourth-order valence-corrected chi connectivity index (χ4v) is 2.68. The molecule has 2 aromatic carbocycles. The van der Waals surface area contributed by atoms with Gasteiger partial charge < -0.3 is 15.4 Å². The Morgan fingerprint density at radius 2 is 1.44 bits per heavy atom. The van der Waals surface area contributed by atoms with Crippen molar-refractivity contribution in [3.8, 4) is 5.75 Å². The molecule has 3 rings (SSSR count). The molecule has 2 N–H and O–H groups in total. The van der Waals surface area contributed by atoms with Gasteiger partial charge in [-0.25, -0.2) is 9.97 Å². The van der Waals surface area contributed by atoms with Gasteiger partial charge in [0.05, 0.1) is 7.11 Å². The van der Waals surface area contributed by atoms with Crippen molar-refractivity contribution in [3.63, 3.8) is 0 Å². The Hall–Kier alpha value is -3.08. The van der Waals surface area contributed by atoms with E-state index in [2.05, 4.69) is 52.6 Å². The fourth-order valence-electron chi connectivity index (χ4n) is 2.68. The van der Waals surface area contributed by atoms with Crippen LogP contribution in [0.15, 0.2) is 48.5 Å². The Kier molecular flexibility index (Phi) is 4.84. The maximum absolute atomic E-state index is 5.26. The van der Waals surface area contributed by atoms with Gasteiger partial charge in [0.15, 0.2) is 0 Å². The normalized spacial score (nSPS) is 10.4. The number of methoxy groups -OCH3 is 1. The average molecular weight is 334 g/mol. The summed E-state index contributed by atoms with van der Waals surface area (Å²) in [5.74, 6) is 2.98. The highest BCUT2D eigenvalue weighted by molar-refractivity contribution is 5.67. The van der Waals surface area contributed by atoms with Crippen LogP contribution in [0.3, 0.4) is 0 Å². The Bertz CT molecular complexity index is 872. The van der Waals surface area contributed by atoms with Crippen LogP contribution >= 0.6 is 0 Å². The number of nitrogens with zero attached hydrogens (tertiary/aromatic N) is 2. The number of aromatic nitrogens is 2. The third kappa shape index (κ3) is 4.07. The number of aryl methyl sites for hydroxylation is 3. The standard InChI is InChI=1S/C20H22N4O/c1-13-7-5-8-14(2)20(13)24-19-12-18(21-15(3)22-19)23-16-9-6-10-17(11-16)25-4/h5-12H,1-4H3,(H2,21,22,23,24). The van der Waals surface area contributed by atoms with E-state index in [1.807, 2.05) is 37.3 Å². The summed E-state index contributed by atoms with van der Waals surface area (Å²) >= 11 is 0. The van der Waals surface area contributed by atoms with Crippen molar-refractivity contribution in [1.82, 2.24) is 9.97 Å². The molecule has 0 amide bonds. The molecule has 5 nitrogen and oxygen atoms in total. The molecule has 5 heteroatoms. The minimum Gasteiger partial charge on any atom is -0.497 e. The van der Waals surface area contributed by atoms with Crippen LogP contribution in [0.5, 0.6) is 5.75 Å². The molecule has 0 radical (unpaired) electrons. The summed E-state index contributed by atoms with van der Waals surface area (Å²) in [6.07, 6.45) is 0. The smallest absolute Gasteiger partial charge is 0.136 e. The summed E-state index contributed by atoms with van der Waals surface area (Å²) in [6.45, 7) is 6.05. The van der Waals surface area contributed by atoms with Crippen molar-refractivity contribution in [2.24, 2.45) is 0 Å². The molecule has 0 spiro atoms. The summed E-state index contributed by atoms with van der Waals surface area (Å²) in [6, 6.07) is 15.9. The largest absolute Gasteiger partial charge is 0.497 e. The number of hydrogen-bond acceptors (Lipinski definition) is 5. The lowest BCUT2D eigenvalue weighted by atomic mass is 10.1. The van der Waals surface area contributed by atoms with Gasteiger partial charge in [-0.05, 0) is 44.0 Å². The molecule has 0 unspecified atom stereocenters.